The number of aliphatic carboxylic acids is 1. The van der Waals surface area contributed by atoms with E-state index in [0.717, 1.165) is 33.3 Å². The lowest BCUT2D eigenvalue weighted by atomic mass is 10.0. The highest BCUT2D eigenvalue weighted by Crippen LogP contribution is 2.43. The lowest BCUT2D eigenvalue weighted by Gasteiger charge is -2.42. The fourth-order valence-corrected chi connectivity index (χ4v) is 11.5. The van der Waals surface area contributed by atoms with Crippen molar-refractivity contribution in [3.63, 3.8) is 0 Å². The second kappa shape index (κ2) is 9.70. The van der Waals surface area contributed by atoms with E-state index in [1.807, 2.05) is 31.3 Å². The van der Waals surface area contributed by atoms with Gasteiger partial charge in [0.1, 0.15) is 0 Å². The topological polar surface area (TPSA) is 69.9 Å². The monoisotopic (exact) mass is 495 g/mol. The van der Waals surface area contributed by atoms with Gasteiger partial charge in [-0.1, -0.05) is 53.7 Å². The van der Waals surface area contributed by atoms with Crippen LogP contribution >= 0.6 is 0 Å². The Labute approximate surface area is 208 Å². The van der Waals surface area contributed by atoms with Crippen LogP contribution in [0.4, 0.5) is 0 Å². The molecule has 1 N–H and O–H groups in total. The summed E-state index contributed by atoms with van der Waals surface area (Å²) < 4.78 is 20.0. The number of ether oxygens (including phenoxy) is 2. The molecule has 4 rings (SSSR count). The Hall–Kier alpha value is -2.77. The molecule has 0 bridgehead atoms. The van der Waals surface area contributed by atoms with E-state index in [-0.39, 0.29) is 13.2 Å². The zero-order valence-electron chi connectivity index (χ0n) is 21.8. The lowest BCUT2D eigenvalue weighted by Crippen LogP contribution is -2.47. The smallest absolute Gasteiger partial charge is 0.307 e. The van der Waals surface area contributed by atoms with E-state index in [1.165, 1.54) is 0 Å². The second-order valence-electron chi connectivity index (χ2n) is 10.5. The first kappa shape index (κ1) is 25.3. The highest BCUT2D eigenvalue weighted by Gasteiger charge is 2.45. The molecule has 1 aliphatic heterocycles. The van der Waals surface area contributed by atoms with E-state index in [4.69, 9.17) is 13.9 Å². The Morgan fingerprint density at radius 3 is 2.29 bits per heavy atom. The fourth-order valence-electron chi connectivity index (χ4n) is 6.10. The van der Waals surface area contributed by atoms with E-state index < -0.39 is 14.3 Å². The molecule has 0 saturated heterocycles. The minimum Gasteiger partial charge on any atom is -0.481 e. The fraction of sp³-hybridized carbons (Fsp3) is 0.464. The predicted octanol–water partition coefficient (Wildman–Crippen LogP) is 6.89. The molecule has 0 fully saturated rings. The number of carbonyl (C=O) groups is 1. The molecule has 0 saturated carbocycles. The van der Waals surface area contributed by atoms with Gasteiger partial charge in [0.15, 0.2) is 11.5 Å². The summed E-state index contributed by atoms with van der Waals surface area (Å²) in [6.45, 7) is 14.5. The molecule has 0 atom stereocenters. The van der Waals surface area contributed by atoms with Crippen molar-refractivity contribution in [1.29, 1.82) is 0 Å². The zero-order valence-corrected chi connectivity index (χ0v) is 22.8. The van der Waals surface area contributed by atoms with Gasteiger partial charge in [-0.15, -0.1) is 0 Å². The molecule has 1 aromatic heterocycles. The molecular formula is C28H37NO5Si. The summed E-state index contributed by atoms with van der Waals surface area (Å²) in [4.78, 5) is 11.8. The average Bonchev–Trinajstić information content (AvgIpc) is 3.35. The number of hydrogen-bond donors (Lipinski definition) is 1. The Morgan fingerprint density at radius 1 is 1.00 bits per heavy atom. The maximum atomic E-state index is 11.8. The van der Waals surface area contributed by atoms with Crippen molar-refractivity contribution in [3.05, 3.63) is 47.5 Å². The van der Waals surface area contributed by atoms with Crippen molar-refractivity contribution in [1.82, 2.24) is 4.57 Å². The van der Waals surface area contributed by atoms with Crippen molar-refractivity contribution in [3.8, 4) is 22.8 Å². The number of hydrogen-bond acceptors (Lipinski definition) is 4. The lowest BCUT2D eigenvalue weighted by molar-refractivity contribution is -0.136. The normalized spacial score (nSPS) is 13.5. The third-order valence-electron chi connectivity index (χ3n) is 7.54. The molecule has 0 amide bonds. The predicted molar refractivity (Wildman–Crippen MR) is 142 cm³/mol. The SMILES string of the molecule is CC(C)[Si](OCc1ccc2c(CC(=O)O)c(-c3ccc4c(c3)OCO4)n(C)c2c1)(C(C)C)C(C)C. The number of nitrogens with zero attached hydrogens (tertiary/aromatic N) is 1. The van der Waals surface area contributed by atoms with E-state index in [1.54, 1.807) is 0 Å². The van der Waals surface area contributed by atoms with Gasteiger partial charge < -0.3 is 23.6 Å². The molecule has 0 unspecified atom stereocenters. The number of aryl methyl sites for hydroxylation is 1. The van der Waals surface area contributed by atoms with Gasteiger partial charge in [-0.25, -0.2) is 0 Å². The van der Waals surface area contributed by atoms with Crippen molar-refractivity contribution in [2.45, 2.75) is 71.2 Å². The first-order chi connectivity index (χ1) is 16.6. The summed E-state index contributed by atoms with van der Waals surface area (Å²) in [6, 6.07) is 12.1. The standard InChI is InChI=1S/C28H37NO5Si/c1-17(2)35(18(3)4,19(5)6)34-15-20-8-10-22-23(14-27(30)31)28(29(7)24(22)12-20)21-9-11-25-26(13-21)33-16-32-25/h8-13,17-19H,14-16H2,1-7H3,(H,30,31). The Kier molecular flexibility index (Phi) is 7.02. The van der Waals surface area contributed by atoms with Crippen LogP contribution in [0.2, 0.25) is 16.6 Å². The molecule has 7 heteroatoms. The number of benzene rings is 2. The van der Waals surface area contributed by atoms with Crippen molar-refractivity contribution in [2.24, 2.45) is 7.05 Å². The molecular weight excluding hydrogens is 458 g/mol. The molecule has 3 aromatic rings. The first-order valence-corrected chi connectivity index (χ1v) is 14.6. The highest BCUT2D eigenvalue weighted by atomic mass is 28.4. The van der Waals surface area contributed by atoms with E-state index in [9.17, 15) is 9.90 Å². The Bertz CT molecular complexity index is 1220. The van der Waals surface area contributed by atoms with Crippen LogP contribution in [0.25, 0.3) is 22.2 Å². The molecule has 35 heavy (non-hydrogen) atoms. The summed E-state index contributed by atoms with van der Waals surface area (Å²) in [5.74, 6) is 0.536. The van der Waals surface area contributed by atoms with Crippen molar-refractivity contribution < 1.29 is 23.8 Å². The summed E-state index contributed by atoms with van der Waals surface area (Å²) >= 11 is 0. The van der Waals surface area contributed by atoms with Gasteiger partial charge in [-0.05, 0) is 52.0 Å². The third-order valence-corrected chi connectivity index (χ3v) is 13.6. The van der Waals surface area contributed by atoms with Gasteiger partial charge in [-0.2, -0.15) is 0 Å². The number of rotatable bonds is 9. The molecule has 1 aliphatic rings. The average molecular weight is 496 g/mol. The van der Waals surface area contributed by atoms with E-state index >= 15 is 0 Å². The molecule has 0 aliphatic carbocycles. The molecule has 6 nitrogen and oxygen atoms in total. The number of carboxylic acids is 1. The molecule has 0 spiro atoms. The van der Waals surface area contributed by atoms with Crippen LogP contribution in [0.1, 0.15) is 52.7 Å². The molecule has 2 aromatic carbocycles. The Balaban J connectivity index is 1.76. The summed E-state index contributed by atoms with van der Waals surface area (Å²) in [5.41, 5.74) is 6.25. The quantitative estimate of drug-likeness (QED) is 0.327. The number of carboxylic acid groups (broad SMARTS) is 1. The van der Waals surface area contributed by atoms with Gasteiger partial charge >= 0.3 is 5.97 Å². The third kappa shape index (κ3) is 4.47. The van der Waals surface area contributed by atoms with Crippen LogP contribution in [-0.2, 0) is 29.3 Å². The second-order valence-corrected chi connectivity index (χ2v) is 15.9. The maximum Gasteiger partial charge on any atom is 0.307 e. The maximum absolute atomic E-state index is 11.8. The van der Waals surface area contributed by atoms with Gasteiger partial charge in [0.25, 0.3) is 0 Å². The van der Waals surface area contributed by atoms with Gasteiger partial charge in [0.05, 0.1) is 18.7 Å². The summed E-state index contributed by atoms with van der Waals surface area (Å²) in [7, 11) is 0.00178. The van der Waals surface area contributed by atoms with Crippen LogP contribution in [-0.4, -0.2) is 30.8 Å². The van der Waals surface area contributed by atoms with Crippen LogP contribution in [0.15, 0.2) is 36.4 Å². The Morgan fingerprint density at radius 2 is 1.66 bits per heavy atom. The highest BCUT2D eigenvalue weighted by molar-refractivity contribution is 6.77. The van der Waals surface area contributed by atoms with Crippen molar-refractivity contribution >= 4 is 25.2 Å². The van der Waals surface area contributed by atoms with Gasteiger partial charge in [0.2, 0.25) is 15.1 Å². The minimum absolute atomic E-state index is 0.0545. The van der Waals surface area contributed by atoms with Gasteiger partial charge in [0, 0.05) is 23.5 Å². The zero-order chi connectivity index (χ0) is 25.5. The van der Waals surface area contributed by atoms with Crippen molar-refractivity contribution in [2.75, 3.05) is 6.79 Å². The number of aromatic nitrogens is 1. The van der Waals surface area contributed by atoms with E-state index in [2.05, 4.69) is 58.2 Å². The molecule has 2 heterocycles. The largest absolute Gasteiger partial charge is 0.481 e. The molecule has 188 valence electrons. The molecule has 0 radical (unpaired) electrons. The minimum atomic E-state index is -1.99. The van der Waals surface area contributed by atoms with E-state index in [0.29, 0.717) is 34.7 Å². The van der Waals surface area contributed by atoms with Crippen LogP contribution in [0.5, 0.6) is 11.5 Å². The first-order valence-electron chi connectivity index (χ1n) is 12.4. The van der Waals surface area contributed by atoms with Crippen LogP contribution < -0.4 is 9.47 Å². The summed E-state index contributed by atoms with van der Waals surface area (Å²) in [6.07, 6.45) is -0.0545. The summed E-state index contributed by atoms with van der Waals surface area (Å²) in [5, 5.41) is 10.6. The number of fused-ring (bicyclic) bond motifs is 2. The van der Waals surface area contributed by atoms with Crippen LogP contribution in [0.3, 0.4) is 0 Å². The van der Waals surface area contributed by atoms with Gasteiger partial charge in [-0.3, -0.25) is 4.79 Å². The van der Waals surface area contributed by atoms with Crippen LogP contribution in [0, 0.1) is 0 Å².